The van der Waals surface area contributed by atoms with E-state index in [1.807, 2.05) is 0 Å². The summed E-state index contributed by atoms with van der Waals surface area (Å²) in [5.41, 5.74) is 6.44. The maximum Gasteiger partial charge on any atom is 0.305 e. The summed E-state index contributed by atoms with van der Waals surface area (Å²) in [6.07, 6.45) is 6.73. The fourth-order valence-electron chi connectivity index (χ4n) is 2.37. The van der Waals surface area contributed by atoms with Gasteiger partial charge in [-0.2, -0.15) is 0 Å². The van der Waals surface area contributed by atoms with Crippen molar-refractivity contribution >= 4 is 11.9 Å². The second kappa shape index (κ2) is 5.97. The minimum absolute atomic E-state index is 0.108. The van der Waals surface area contributed by atoms with Crippen LogP contribution in [0.15, 0.2) is 12.4 Å². The van der Waals surface area contributed by atoms with Crippen molar-refractivity contribution in [2.24, 2.45) is 5.73 Å². The summed E-state index contributed by atoms with van der Waals surface area (Å²) in [6.45, 7) is 3.15. The third kappa shape index (κ3) is 3.41. The van der Waals surface area contributed by atoms with Crippen LogP contribution in [0.25, 0.3) is 0 Å². The van der Waals surface area contributed by atoms with Gasteiger partial charge >= 0.3 is 5.97 Å². The van der Waals surface area contributed by atoms with Crippen molar-refractivity contribution in [3.63, 3.8) is 0 Å². The summed E-state index contributed by atoms with van der Waals surface area (Å²) >= 11 is 0. The fraction of sp³-hybridized carbons (Fsp3) is 0.615. The molecule has 104 valence electrons. The van der Waals surface area contributed by atoms with Crippen molar-refractivity contribution in [3.05, 3.63) is 18.0 Å². The Kier molecular flexibility index (Phi) is 4.31. The smallest absolute Gasteiger partial charge is 0.305 e. The Labute approximate surface area is 112 Å². The van der Waals surface area contributed by atoms with E-state index >= 15 is 0 Å². The van der Waals surface area contributed by atoms with E-state index in [1.54, 1.807) is 12.4 Å². The van der Waals surface area contributed by atoms with Crippen LogP contribution in [0.4, 0.5) is 5.95 Å². The van der Waals surface area contributed by atoms with Crippen LogP contribution in [0.5, 0.6) is 0 Å². The Morgan fingerprint density at radius 1 is 1.53 bits per heavy atom. The molecule has 2 atom stereocenters. The first kappa shape index (κ1) is 13.7. The van der Waals surface area contributed by atoms with Gasteiger partial charge in [0.1, 0.15) is 0 Å². The first-order chi connectivity index (χ1) is 9.08. The molecule has 19 heavy (non-hydrogen) atoms. The van der Waals surface area contributed by atoms with Gasteiger partial charge in [0.25, 0.3) is 0 Å². The molecule has 6 heteroatoms. The maximum absolute atomic E-state index is 10.6. The Balaban J connectivity index is 2.07. The summed E-state index contributed by atoms with van der Waals surface area (Å²) in [6, 6.07) is -0.0994. The van der Waals surface area contributed by atoms with E-state index in [4.69, 9.17) is 10.8 Å². The molecular formula is C13H20N4O2. The van der Waals surface area contributed by atoms with Crippen LogP contribution in [0, 0.1) is 0 Å². The number of aliphatic carboxylic acids is 1. The lowest BCUT2D eigenvalue weighted by molar-refractivity contribution is -0.137. The lowest BCUT2D eigenvalue weighted by Gasteiger charge is -2.33. The SMILES string of the molecule is C[C@@H]1CCCCN1c1ncc([C@H](N)CC(=O)O)cn1. The van der Waals surface area contributed by atoms with Crippen molar-refractivity contribution in [1.29, 1.82) is 0 Å². The highest BCUT2D eigenvalue weighted by atomic mass is 16.4. The fourth-order valence-corrected chi connectivity index (χ4v) is 2.37. The first-order valence-corrected chi connectivity index (χ1v) is 6.64. The van der Waals surface area contributed by atoms with E-state index in [0.29, 0.717) is 17.6 Å². The Morgan fingerprint density at radius 3 is 2.79 bits per heavy atom. The van der Waals surface area contributed by atoms with Crippen LogP contribution in [0.2, 0.25) is 0 Å². The number of piperidine rings is 1. The Hall–Kier alpha value is -1.69. The van der Waals surface area contributed by atoms with Gasteiger partial charge in [0.15, 0.2) is 0 Å². The number of hydrogen-bond donors (Lipinski definition) is 2. The van der Waals surface area contributed by atoms with Crippen LogP contribution in [0.1, 0.15) is 44.2 Å². The number of hydrogen-bond acceptors (Lipinski definition) is 5. The van der Waals surface area contributed by atoms with Gasteiger partial charge in [0.2, 0.25) is 5.95 Å². The standard InChI is InChI=1S/C13H20N4O2/c1-9-4-2-3-5-17(9)13-15-7-10(8-16-13)11(14)6-12(18)19/h7-9,11H,2-6,14H2,1H3,(H,18,19)/t9-,11-/m1/s1. The van der Waals surface area contributed by atoms with Gasteiger partial charge in [0, 0.05) is 36.6 Å². The van der Waals surface area contributed by atoms with Crippen LogP contribution in [-0.4, -0.2) is 33.6 Å². The molecule has 1 saturated heterocycles. The third-order valence-corrected chi connectivity index (χ3v) is 3.54. The topological polar surface area (TPSA) is 92.3 Å². The molecule has 1 aromatic rings. The van der Waals surface area contributed by atoms with Crippen molar-refractivity contribution in [1.82, 2.24) is 9.97 Å². The molecular weight excluding hydrogens is 244 g/mol. The van der Waals surface area contributed by atoms with Crippen molar-refractivity contribution in [3.8, 4) is 0 Å². The molecule has 2 heterocycles. The highest BCUT2D eigenvalue weighted by Crippen LogP contribution is 2.22. The van der Waals surface area contributed by atoms with Crippen LogP contribution in [-0.2, 0) is 4.79 Å². The van der Waals surface area contributed by atoms with Gasteiger partial charge in [-0.25, -0.2) is 9.97 Å². The van der Waals surface area contributed by atoms with Crippen LogP contribution < -0.4 is 10.6 Å². The largest absolute Gasteiger partial charge is 0.481 e. The lowest BCUT2D eigenvalue weighted by atomic mass is 10.0. The summed E-state index contributed by atoms with van der Waals surface area (Å²) in [4.78, 5) is 21.4. The second-order valence-corrected chi connectivity index (χ2v) is 5.06. The van der Waals surface area contributed by atoms with E-state index in [9.17, 15) is 4.79 Å². The highest BCUT2D eigenvalue weighted by molar-refractivity contribution is 5.67. The zero-order valence-electron chi connectivity index (χ0n) is 11.1. The second-order valence-electron chi connectivity index (χ2n) is 5.06. The average Bonchev–Trinajstić information content (AvgIpc) is 2.39. The molecule has 0 aliphatic carbocycles. The van der Waals surface area contributed by atoms with Gasteiger partial charge in [-0.1, -0.05) is 0 Å². The number of nitrogens with zero attached hydrogens (tertiary/aromatic N) is 3. The third-order valence-electron chi connectivity index (χ3n) is 3.54. The minimum Gasteiger partial charge on any atom is -0.481 e. The predicted molar refractivity (Wildman–Crippen MR) is 71.9 cm³/mol. The van der Waals surface area contributed by atoms with Gasteiger partial charge < -0.3 is 15.7 Å². The zero-order valence-corrected chi connectivity index (χ0v) is 11.1. The summed E-state index contributed by atoms with van der Waals surface area (Å²) < 4.78 is 0. The summed E-state index contributed by atoms with van der Waals surface area (Å²) in [5.74, 6) is -0.209. The lowest BCUT2D eigenvalue weighted by Crippen LogP contribution is -2.38. The molecule has 0 amide bonds. The molecule has 1 aliphatic heterocycles. The average molecular weight is 264 g/mol. The van der Waals surface area contributed by atoms with Gasteiger partial charge in [-0.15, -0.1) is 0 Å². The van der Waals surface area contributed by atoms with Crippen molar-refractivity contribution in [2.75, 3.05) is 11.4 Å². The van der Waals surface area contributed by atoms with E-state index in [-0.39, 0.29) is 6.42 Å². The van der Waals surface area contributed by atoms with Crippen LogP contribution >= 0.6 is 0 Å². The summed E-state index contributed by atoms with van der Waals surface area (Å²) in [7, 11) is 0. The molecule has 6 nitrogen and oxygen atoms in total. The molecule has 1 fully saturated rings. The Bertz CT molecular complexity index is 435. The molecule has 1 aromatic heterocycles. The molecule has 1 aliphatic rings. The number of anilines is 1. The molecule has 0 saturated carbocycles. The quantitative estimate of drug-likeness (QED) is 0.852. The first-order valence-electron chi connectivity index (χ1n) is 6.64. The van der Waals surface area contributed by atoms with Crippen molar-refractivity contribution in [2.45, 2.75) is 44.7 Å². The maximum atomic E-state index is 10.6. The van der Waals surface area contributed by atoms with E-state index in [1.165, 1.54) is 6.42 Å². The number of carboxylic acid groups (broad SMARTS) is 1. The molecule has 0 unspecified atom stereocenters. The van der Waals surface area contributed by atoms with E-state index in [0.717, 1.165) is 19.4 Å². The molecule has 2 rings (SSSR count). The van der Waals surface area contributed by atoms with E-state index in [2.05, 4.69) is 21.8 Å². The molecule has 3 N–H and O–H groups in total. The number of carbonyl (C=O) groups is 1. The monoisotopic (exact) mass is 264 g/mol. The number of aromatic nitrogens is 2. The predicted octanol–water partition coefficient (Wildman–Crippen LogP) is 1.33. The normalized spacial score (nSPS) is 21.2. The van der Waals surface area contributed by atoms with E-state index < -0.39 is 12.0 Å². The van der Waals surface area contributed by atoms with Gasteiger partial charge in [-0.05, 0) is 26.2 Å². The van der Waals surface area contributed by atoms with Crippen molar-refractivity contribution < 1.29 is 9.90 Å². The minimum atomic E-state index is -0.916. The Morgan fingerprint density at radius 2 is 2.21 bits per heavy atom. The zero-order chi connectivity index (χ0) is 13.8. The molecule has 0 bridgehead atoms. The number of carboxylic acids is 1. The molecule has 0 spiro atoms. The highest BCUT2D eigenvalue weighted by Gasteiger charge is 2.21. The number of rotatable bonds is 4. The number of nitrogens with two attached hydrogens (primary N) is 1. The summed E-state index contributed by atoms with van der Waals surface area (Å²) in [5, 5.41) is 8.71. The molecule has 0 aromatic carbocycles. The molecule has 0 radical (unpaired) electrons. The van der Waals surface area contributed by atoms with Gasteiger partial charge in [0.05, 0.1) is 6.42 Å². The van der Waals surface area contributed by atoms with Gasteiger partial charge in [-0.3, -0.25) is 4.79 Å². The van der Waals surface area contributed by atoms with Crippen LogP contribution in [0.3, 0.4) is 0 Å².